The number of nitrogens with one attached hydrogen (secondary N) is 2. The molecular weight excluding hydrogens is 269 g/mol. The van der Waals surface area contributed by atoms with Gasteiger partial charge in [-0.05, 0) is 76.1 Å². The number of carbonyl (C=O) groups excluding carboxylic acids is 1. The van der Waals surface area contributed by atoms with E-state index in [-0.39, 0.29) is 11.7 Å². The molecule has 1 aromatic carbocycles. The van der Waals surface area contributed by atoms with Crippen molar-refractivity contribution in [1.29, 1.82) is 0 Å². The van der Waals surface area contributed by atoms with Crippen molar-refractivity contribution >= 4 is 11.6 Å². The predicted molar refractivity (Wildman–Crippen MR) is 82.7 cm³/mol. The number of anilines is 1. The van der Waals surface area contributed by atoms with E-state index >= 15 is 0 Å². The number of benzene rings is 1. The van der Waals surface area contributed by atoms with E-state index in [2.05, 4.69) is 10.6 Å². The predicted octanol–water partition coefficient (Wildman–Crippen LogP) is 2.09. The average molecular weight is 293 g/mol. The van der Waals surface area contributed by atoms with Gasteiger partial charge in [-0.15, -0.1) is 0 Å². The van der Waals surface area contributed by atoms with E-state index < -0.39 is 0 Å². The number of halogens is 1. The Morgan fingerprint density at radius 1 is 1.33 bits per heavy atom. The smallest absolute Gasteiger partial charge is 0.238 e. The third kappa shape index (κ3) is 5.81. The lowest BCUT2D eigenvalue weighted by molar-refractivity contribution is -0.117. The molecule has 1 fully saturated rings. The Morgan fingerprint density at radius 2 is 2.00 bits per heavy atom. The normalized spacial score (nSPS) is 16.1. The van der Waals surface area contributed by atoms with Crippen LogP contribution in [0.2, 0.25) is 0 Å². The standard InChI is InChI=1S/C16H24FN3O/c1-20(11-8-13-6-9-18-10-7-13)12-16(21)19-15-4-2-14(17)3-5-15/h2-5,13,18H,6-12H2,1H3,(H,19,21). The molecule has 116 valence electrons. The second-order valence-electron chi connectivity index (χ2n) is 5.77. The molecule has 0 atom stereocenters. The average Bonchev–Trinajstić information content (AvgIpc) is 2.48. The zero-order chi connectivity index (χ0) is 15.1. The molecule has 0 unspecified atom stereocenters. The van der Waals surface area contributed by atoms with Crippen LogP contribution in [-0.4, -0.2) is 44.0 Å². The summed E-state index contributed by atoms with van der Waals surface area (Å²) in [5.41, 5.74) is 0.633. The molecule has 1 amide bonds. The van der Waals surface area contributed by atoms with Crippen molar-refractivity contribution in [1.82, 2.24) is 10.2 Å². The maximum absolute atomic E-state index is 12.8. The molecule has 0 saturated carbocycles. The fourth-order valence-corrected chi connectivity index (χ4v) is 2.63. The summed E-state index contributed by atoms with van der Waals surface area (Å²) in [6, 6.07) is 5.83. The van der Waals surface area contributed by atoms with Gasteiger partial charge in [-0.3, -0.25) is 9.69 Å². The monoisotopic (exact) mass is 293 g/mol. The van der Waals surface area contributed by atoms with Gasteiger partial charge in [0.1, 0.15) is 5.82 Å². The topological polar surface area (TPSA) is 44.4 Å². The summed E-state index contributed by atoms with van der Waals surface area (Å²) in [5, 5.41) is 6.14. The van der Waals surface area contributed by atoms with Gasteiger partial charge in [-0.1, -0.05) is 0 Å². The lowest BCUT2D eigenvalue weighted by Gasteiger charge is -2.25. The van der Waals surface area contributed by atoms with Crippen LogP contribution in [0, 0.1) is 11.7 Å². The molecule has 2 N–H and O–H groups in total. The third-order valence-corrected chi connectivity index (χ3v) is 3.92. The number of carbonyl (C=O) groups is 1. The van der Waals surface area contributed by atoms with Gasteiger partial charge >= 0.3 is 0 Å². The molecule has 1 aromatic rings. The summed E-state index contributed by atoms with van der Waals surface area (Å²) < 4.78 is 12.8. The maximum atomic E-state index is 12.8. The van der Waals surface area contributed by atoms with Crippen LogP contribution in [0.25, 0.3) is 0 Å². The van der Waals surface area contributed by atoms with Crippen molar-refractivity contribution in [3.8, 4) is 0 Å². The highest BCUT2D eigenvalue weighted by molar-refractivity contribution is 5.92. The van der Waals surface area contributed by atoms with E-state index in [9.17, 15) is 9.18 Å². The third-order valence-electron chi connectivity index (χ3n) is 3.92. The summed E-state index contributed by atoms with van der Waals surface area (Å²) in [5.74, 6) is 0.412. The minimum absolute atomic E-state index is 0.0607. The molecule has 4 nitrogen and oxygen atoms in total. The van der Waals surface area contributed by atoms with Crippen LogP contribution in [0.5, 0.6) is 0 Å². The summed E-state index contributed by atoms with van der Waals surface area (Å²) >= 11 is 0. The molecule has 0 spiro atoms. The Kier molecular flexibility index (Phi) is 6.14. The van der Waals surface area contributed by atoms with E-state index in [1.54, 1.807) is 12.1 Å². The van der Waals surface area contributed by atoms with Gasteiger partial charge in [0.05, 0.1) is 6.54 Å². The van der Waals surface area contributed by atoms with E-state index in [4.69, 9.17) is 0 Å². The second kappa shape index (κ2) is 8.10. The lowest BCUT2D eigenvalue weighted by atomic mass is 9.94. The number of hydrogen-bond acceptors (Lipinski definition) is 3. The first-order valence-corrected chi connectivity index (χ1v) is 7.58. The molecule has 1 aliphatic heterocycles. The molecule has 21 heavy (non-hydrogen) atoms. The van der Waals surface area contributed by atoms with Gasteiger partial charge in [0.25, 0.3) is 0 Å². The summed E-state index contributed by atoms with van der Waals surface area (Å²) in [6.45, 7) is 3.52. The molecule has 0 aromatic heterocycles. The molecule has 5 heteroatoms. The fourth-order valence-electron chi connectivity index (χ4n) is 2.63. The van der Waals surface area contributed by atoms with E-state index in [1.165, 1.54) is 25.0 Å². The van der Waals surface area contributed by atoms with Gasteiger partial charge in [-0.2, -0.15) is 0 Å². The van der Waals surface area contributed by atoms with E-state index in [1.807, 2.05) is 11.9 Å². The van der Waals surface area contributed by atoms with Gasteiger partial charge in [0.15, 0.2) is 0 Å². The zero-order valence-electron chi connectivity index (χ0n) is 12.6. The van der Waals surface area contributed by atoms with Crippen LogP contribution in [0.3, 0.4) is 0 Å². The van der Waals surface area contributed by atoms with Crippen molar-refractivity contribution in [2.75, 3.05) is 38.5 Å². The van der Waals surface area contributed by atoms with Gasteiger partial charge in [0, 0.05) is 5.69 Å². The quantitative estimate of drug-likeness (QED) is 0.844. The lowest BCUT2D eigenvalue weighted by Crippen LogP contribution is -2.33. The van der Waals surface area contributed by atoms with Crippen LogP contribution in [0.4, 0.5) is 10.1 Å². The first kappa shape index (κ1) is 15.9. The van der Waals surface area contributed by atoms with Crippen molar-refractivity contribution < 1.29 is 9.18 Å². The van der Waals surface area contributed by atoms with Crippen LogP contribution in [-0.2, 0) is 4.79 Å². The molecule has 1 saturated heterocycles. The van der Waals surface area contributed by atoms with Crippen molar-refractivity contribution in [3.63, 3.8) is 0 Å². The molecule has 0 bridgehead atoms. The highest BCUT2D eigenvalue weighted by Crippen LogP contribution is 2.16. The molecular formula is C16H24FN3O. The van der Waals surface area contributed by atoms with Crippen molar-refractivity contribution in [2.24, 2.45) is 5.92 Å². The van der Waals surface area contributed by atoms with Crippen molar-refractivity contribution in [2.45, 2.75) is 19.3 Å². The highest BCUT2D eigenvalue weighted by Gasteiger charge is 2.14. The number of amides is 1. The Hall–Kier alpha value is -1.46. The second-order valence-corrected chi connectivity index (χ2v) is 5.77. The van der Waals surface area contributed by atoms with Crippen LogP contribution >= 0.6 is 0 Å². The Labute approximate surface area is 125 Å². The number of hydrogen-bond donors (Lipinski definition) is 2. The first-order chi connectivity index (χ1) is 10.1. The van der Waals surface area contributed by atoms with Gasteiger partial charge < -0.3 is 10.6 Å². The molecule has 1 aliphatic rings. The number of nitrogens with zero attached hydrogens (tertiary/aromatic N) is 1. The number of likely N-dealkylation sites (N-methyl/N-ethyl adjacent to an activating group) is 1. The Balaban J connectivity index is 1.67. The number of rotatable bonds is 6. The summed E-state index contributed by atoms with van der Waals surface area (Å²) in [7, 11) is 1.96. The highest BCUT2D eigenvalue weighted by atomic mass is 19.1. The van der Waals surface area contributed by atoms with E-state index in [0.29, 0.717) is 12.2 Å². The summed E-state index contributed by atoms with van der Waals surface area (Å²) in [4.78, 5) is 13.9. The molecule has 0 radical (unpaired) electrons. The summed E-state index contributed by atoms with van der Waals surface area (Å²) in [6.07, 6.45) is 3.60. The van der Waals surface area contributed by atoms with Crippen LogP contribution < -0.4 is 10.6 Å². The minimum Gasteiger partial charge on any atom is -0.325 e. The van der Waals surface area contributed by atoms with Crippen LogP contribution in [0.1, 0.15) is 19.3 Å². The molecule has 0 aliphatic carbocycles. The minimum atomic E-state index is -0.299. The maximum Gasteiger partial charge on any atom is 0.238 e. The number of piperidine rings is 1. The van der Waals surface area contributed by atoms with Gasteiger partial charge in [0.2, 0.25) is 5.91 Å². The Morgan fingerprint density at radius 3 is 2.67 bits per heavy atom. The van der Waals surface area contributed by atoms with Gasteiger partial charge in [-0.25, -0.2) is 4.39 Å². The molecule has 2 rings (SSSR count). The first-order valence-electron chi connectivity index (χ1n) is 7.58. The fraction of sp³-hybridized carbons (Fsp3) is 0.562. The van der Waals surface area contributed by atoms with Crippen LogP contribution in [0.15, 0.2) is 24.3 Å². The zero-order valence-corrected chi connectivity index (χ0v) is 12.6. The molecule has 1 heterocycles. The Bertz CT molecular complexity index is 443. The largest absolute Gasteiger partial charge is 0.325 e. The van der Waals surface area contributed by atoms with E-state index in [0.717, 1.165) is 32.0 Å². The SMILES string of the molecule is CN(CCC1CCNCC1)CC(=O)Nc1ccc(F)cc1. The van der Waals surface area contributed by atoms with Crippen molar-refractivity contribution in [3.05, 3.63) is 30.1 Å².